The zero-order chi connectivity index (χ0) is 11.7. The van der Waals surface area contributed by atoms with Crippen molar-refractivity contribution in [1.29, 1.82) is 0 Å². The molecule has 0 saturated carbocycles. The first-order valence-electron chi connectivity index (χ1n) is 5.28. The quantitative estimate of drug-likeness (QED) is 0.773. The highest BCUT2D eigenvalue weighted by Crippen LogP contribution is 2.25. The summed E-state index contributed by atoms with van der Waals surface area (Å²) in [5, 5.41) is 9.15. The van der Waals surface area contributed by atoms with Crippen LogP contribution in [0.15, 0.2) is 24.3 Å². The monoisotopic (exact) mass is 219 g/mol. The van der Waals surface area contributed by atoms with Crippen LogP contribution >= 0.6 is 0 Å². The minimum atomic E-state index is -0.424. The van der Waals surface area contributed by atoms with Crippen LogP contribution < -0.4 is 0 Å². The van der Waals surface area contributed by atoms with Gasteiger partial charge in [0.15, 0.2) is 0 Å². The van der Waals surface area contributed by atoms with Crippen LogP contribution in [0.2, 0.25) is 0 Å². The van der Waals surface area contributed by atoms with Crippen LogP contribution in [-0.2, 0) is 0 Å². The fourth-order valence-electron chi connectivity index (χ4n) is 1.93. The van der Waals surface area contributed by atoms with Gasteiger partial charge in [-0.05, 0) is 18.6 Å². The molecular formula is C12H13NO3. The fourth-order valence-corrected chi connectivity index (χ4v) is 1.93. The largest absolute Gasteiger partial charge is 0.394 e. The first kappa shape index (κ1) is 10.8. The molecule has 1 atom stereocenters. The predicted octanol–water partition coefficient (Wildman–Crippen LogP) is 1.05. The third kappa shape index (κ3) is 1.42. The van der Waals surface area contributed by atoms with E-state index < -0.39 is 6.04 Å². The van der Waals surface area contributed by atoms with E-state index in [0.717, 1.165) is 4.90 Å². The fraction of sp³-hybridized carbons (Fsp3) is 0.333. The smallest absolute Gasteiger partial charge is 0.261 e. The second kappa shape index (κ2) is 4.06. The summed E-state index contributed by atoms with van der Waals surface area (Å²) in [7, 11) is 0. The molecule has 4 heteroatoms. The van der Waals surface area contributed by atoms with Crippen molar-refractivity contribution in [2.24, 2.45) is 0 Å². The molecule has 16 heavy (non-hydrogen) atoms. The summed E-state index contributed by atoms with van der Waals surface area (Å²) < 4.78 is 0. The van der Waals surface area contributed by atoms with Crippen molar-refractivity contribution in [1.82, 2.24) is 4.90 Å². The Morgan fingerprint density at radius 1 is 1.19 bits per heavy atom. The Balaban J connectivity index is 2.42. The number of hydrogen-bond acceptors (Lipinski definition) is 3. The number of carbonyl (C=O) groups is 2. The normalized spacial score (nSPS) is 16.5. The van der Waals surface area contributed by atoms with Gasteiger partial charge >= 0.3 is 0 Å². The number of aliphatic hydroxyl groups is 1. The van der Waals surface area contributed by atoms with Gasteiger partial charge in [0.25, 0.3) is 11.8 Å². The zero-order valence-corrected chi connectivity index (χ0v) is 9.01. The van der Waals surface area contributed by atoms with Crippen LogP contribution in [0.5, 0.6) is 0 Å². The van der Waals surface area contributed by atoms with Gasteiger partial charge in [-0.1, -0.05) is 19.1 Å². The van der Waals surface area contributed by atoms with Crippen LogP contribution in [0.3, 0.4) is 0 Å². The van der Waals surface area contributed by atoms with E-state index in [1.807, 2.05) is 6.92 Å². The average Bonchev–Trinajstić information content (AvgIpc) is 2.57. The van der Waals surface area contributed by atoms with E-state index in [9.17, 15) is 9.59 Å². The van der Waals surface area contributed by atoms with E-state index >= 15 is 0 Å². The number of rotatable bonds is 3. The van der Waals surface area contributed by atoms with E-state index in [-0.39, 0.29) is 18.4 Å². The van der Waals surface area contributed by atoms with E-state index in [1.54, 1.807) is 24.3 Å². The maximum Gasteiger partial charge on any atom is 0.261 e. The van der Waals surface area contributed by atoms with Gasteiger partial charge in [0.1, 0.15) is 0 Å². The average molecular weight is 219 g/mol. The van der Waals surface area contributed by atoms with Gasteiger partial charge in [-0.15, -0.1) is 0 Å². The van der Waals surface area contributed by atoms with E-state index in [0.29, 0.717) is 17.5 Å². The maximum absolute atomic E-state index is 12.0. The topological polar surface area (TPSA) is 57.6 Å². The van der Waals surface area contributed by atoms with Crippen molar-refractivity contribution in [3.8, 4) is 0 Å². The number of nitrogens with zero attached hydrogens (tertiary/aromatic N) is 1. The molecule has 0 bridgehead atoms. The number of imide groups is 1. The first-order valence-corrected chi connectivity index (χ1v) is 5.28. The minimum absolute atomic E-state index is 0.192. The molecule has 0 radical (unpaired) electrons. The molecule has 0 fully saturated rings. The van der Waals surface area contributed by atoms with Crippen LogP contribution in [0.4, 0.5) is 0 Å². The number of fused-ring (bicyclic) bond motifs is 1. The minimum Gasteiger partial charge on any atom is -0.394 e. The maximum atomic E-state index is 12.0. The summed E-state index contributed by atoms with van der Waals surface area (Å²) in [5.74, 6) is -0.608. The summed E-state index contributed by atoms with van der Waals surface area (Å²) >= 11 is 0. The van der Waals surface area contributed by atoms with Crippen molar-refractivity contribution < 1.29 is 14.7 Å². The van der Waals surface area contributed by atoms with Gasteiger partial charge in [0.05, 0.1) is 23.8 Å². The second-order valence-corrected chi connectivity index (χ2v) is 3.77. The molecule has 1 aromatic rings. The van der Waals surface area contributed by atoms with Crippen molar-refractivity contribution in [3.63, 3.8) is 0 Å². The van der Waals surface area contributed by atoms with Crippen LogP contribution in [0.25, 0.3) is 0 Å². The Morgan fingerprint density at radius 2 is 1.69 bits per heavy atom. The Bertz CT molecular complexity index is 403. The third-order valence-corrected chi connectivity index (χ3v) is 2.87. The molecule has 1 aliphatic rings. The van der Waals surface area contributed by atoms with Crippen molar-refractivity contribution in [2.45, 2.75) is 19.4 Å². The molecule has 84 valence electrons. The molecule has 2 rings (SSSR count). The Labute approximate surface area is 93.5 Å². The van der Waals surface area contributed by atoms with Gasteiger partial charge in [-0.2, -0.15) is 0 Å². The van der Waals surface area contributed by atoms with Crippen molar-refractivity contribution in [3.05, 3.63) is 35.4 Å². The van der Waals surface area contributed by atoms with Gasteiger partial charge in [-0.3, -0.25) is 14.5 Å². The number of amides is 2. The molecular weight excluding hydrogens is 206 g/mol. The first-order chi connectivity index (χ1) is 7.70. The van der Waals surface area contributed by atoms with Crippen LogP contribution in [-0.4, -0.2) is 34.5 Å². The summed E-state index contributed by atoms with van der Waals surface area (Å²) in [6.07, 6.45) is 0.558. The predicted molar refractivity (Wildman–Crippen MR) is 58.1 cm³/mol. The summed E-state index contributed by atoms with van der Waals surface area (Å²) in [6.45, 7) is 1.65. The molecule has 2 amide bonds. The van der Waals surface area contributed by atoms with E-state index in [4.69, 9.17) is 5.11 Å². The van der Waals surface area contributed by atoms with Crippen LogP contribution in [0.1, 0.15) is 34.1 Å². The molecule has 0 aliphatic carbocycles. The highest BCUT2D eigenvalue weighted by Gasteiger charge is 2.38. The Morgan fingerprint density at radius 3 is 2.06 bits per heavy atom. The van der Waals surface area contributed by atoms with Gasteiger partial charge in [0, 0.05) is 0 Å². The Hall–Kier alpha value is -1.68. The molecule has 4 nitrogen and oxygen atoms in total. The highest BCUT2D eigenvalue weighted by molar-refractivity contribution is 6.21. The van der Waals surface area contributed by atoms with Crippen molar-refractivity contribution in [2.75, 3.05) is 6.61 Å². The van der Waals surface area contributed by atoms with Gasteiger partial charge < -0.3 is 5.11 Å². The lowest BCUT2D eigenvalue weighted by atomic mass is 10.1. The number of carbonyl (C=O) groups excluding carboxylic acids is 2. The lowest BCUT2D eigenvalue weighted by molar-refractivity contribution is 0.0511. The molecule has 0 unspecified atom stereocenters. The molecule has 0 aromatic heterocycles. The Kier molecular flexibility index (Phi) is 2.75. The van der Waals surface area contributed by atoms with Crippen molar-refractivity contribution >= 4 is 11.8 Å². The van der Waals surface area contributed by atoms with Gasteiger partial charge in [-0.25, -0.2) is 0 Å². The zero-order valence-electron chi connectivity index (χ0n) is 9.01. The number of aliphatic hydroxyl groups excluding tert-OH is 1. The van der Waals surface area contributed by atoms with E-state index in [2.05, 4.69) is 0 Å². The standard InChI is InChI=1S/C12H13NO3/c1-2-8(7-14)13-11(15)9-5-3-4-6-10(9)12(13)16/h3-6,8,14H,2,7H2,1H3/t8-/m0/s1. The summed E-state index contributed by atoms with van der Waals surface area (Å²) in [5.41, 5.74) is 0.860. The summed E-state index contributed by atoms with van der Waals surface area (Å²) in [6, 6.07) is 6.31. The molecule has 1 N–H and O–H groups in total. The van der Waals surface area contributed by atoms with E-state index in [1.165, 1.54) is 0 Å². The molecule has 1 aromatic carbocycles. The molecule has 0 spiro atoms. The number of hydrogen-bond donors (Lipinski definition) is 1. The summed E-state index contributed by atoms with van der Waals surface area (Å²) in [4.78, 5) is 25.1. The second-order valence-electron chi connectivity index (χ2n) is 3.77. The number of benzene rings is 1. The van der Waals surface area contributed by atoms with Crippen LogP contribution in [0, 0.1) is 0 Å². The third-order valence-electron chi connectivity index (χ3n) is 2.87. The lowest BCUT2D eigenvalue weighted by Gasteiger charge is -2.22. The van der Waals surface area contributed by atoms with Gasteiger partial charge in [0.2, 0.25) is 0 Å². The molecule has 1 heterocycles. The highest BCUT2D eigenvalue weighted by atomic mass is 16.3. The molecule has 0 saturated heterocycles. The lowest BCUT2D eigenvalue weighted by Crippen LogP contribution is -2.41. The SMILES string of the molecule is CC[C@@H](CO)N1C(=O)c2ccccc2C1=O. The molecule has 1 aliphatic heterocycles.